The minimum atomic E-state index is -0.860. The number of nitrogens with two attached hydrogens (primary N) is 1. The topological polar surface area (TPSA) is 91.7 Å². The van der Waals surface area contributed by atoms with Crippen LogP contribution in [0.3, 0.4) is 0 Å². The first kappa shape index (κ1) is 11.9. The molecule has 2 heterocycles. The molecule has 0 saturated carbocycles. The third kappa shape index (κ3) is 2.13. The first-order chi connectivity index (χ1) is 8.02. The molecular weight excluding hydrogens is 222 g/mol. The Bertz CT molecular complexity index is 420. The van der Waals surface area contributed by atoms with Gasteiger partial charge in [0.15, 0.2) is 0 Å². The summed E-state index contributed by atoms with van der Waals surface area (Å²) in [5.41, 5.74) is 6.69. The van der Waals surface area contributed by atoms with Gasteiger partial charge in [-0.2, -0.15) is 0 Å². The summed E-state index contributed by atoms with van der Waals surface area (Å²) in [6, 6.07) is 1.61. The van der Waals surface area contributed by atoms with Gasteiger partial charge in [-0.25, -0.2) is 0 Å². The summed E-state index contributed by atoms with van der Waals surface area (Å²) in [4.78, 5) is 13.6. The van der Waals surface area contributed by atoms with Crippen molar-refractivity contribution in [1.82, 2.24) is 9.47 Å². The number of rotatable bonds is 2. The fraction of sp³-hybridized carbons (Fsp3) is 0.545. The predicted molar refractivity (Wildman–Crippen MR) is 62.4 cm³/mol. The smallest absolute Gasteiger partial charge is 0.270 e. The summed E-state index contributed by atoms with van der Waals surface area (Å²) in [7, 11) is 0. The maximum atomic E-state index is 12.2. The molecule has 1 saturated heterocycles. The second-order valence-electron chi connectivity index (χ2n) is 4.29. The number of aliphatic hydroxyl groups is 2. The number of hydrogen-bond donors (Lipinski definition) is 3. The van der Waals surface area contributed by atoms with Crippen LogP contribution < -0.4 is 5.73 Å². The number of aliphatic hydroxyl groups excluding tert-OH is 2. The number of nitrogens with zero attached hydrogens (tertiary/aromatic N) is 2. The molecule has 94 valence electrons. The van der Waals surface area contributed by atoms with Gasteiger partial charge in [-0.3, -0.25) is 4.79 Å². The van der Waals surface area contributed by atoms with Crippen molar-refractivity contribution in [2.45, 2.75) is 25.7 Å². The Morgan fingerprint density at radius 3 is 2.59 bits per heavy atom. The van der Waals surface area contributed by atoms with Crippen LogP contribution in [0.5, 0.6) is 0 Å². The molecule has 0 spiro atoms. The SMILES string of the molecule is CCn1cc(N)cc1C(=O)N1C[C@@H](O)[C@@H](O)C1. The summed E-state index contributed by atoms with van der Waals surface area (Å²) in [6.07, 6.45) is -0.0152. The average Bonchev–Trinajstić information content (AvgIpc) is 2.82. The van der Waals surface area contributed by atoms with Crippen LogP contribution in [0.4, 0.5) is 5.69 Å². The van der Waals surface area contributed by atoms with Gasteiger partial charge in [0, 0.05) is 25.8 Å². The molecule has 1 aliphatic heterocycles. The van der Waals surface area contributed by atoms with E-state index in [0.717, 1.165) is 0 Å². The Labute approximate surface area is 99.2 Å². The molecule has 0 aliphatic carbocycles. The van der Waals surface area contributed by atoms with E-state index in [1.165, 1.54) is 4.90 Å². The molecule has 6 nitrogen and oxygen atoms in total. The van der Waals surface area contributed by atoms with Crippen LogP contribution in [0.15, 0.2) is 12.3 Å². The van der Waals surface area contributed by atoms with Crippen molar-refractivity contribution in [3.8, 4) is 0 Å². The van der Waals surface area contributed by atoms with Gasteiger partial charge in [0.05, 0.1) is 17.9 Å². The lowest BCUT2D eigenvalue weighted by atomic mass is 10.3. The number of likely N-dealkylation sites (tertiary alicyclic amines) is 1. The number of β-amino-alcohol motifs (C(OH)–C–C–N with tert-alkyl or cyclic N) is 2. The summed E-state index contributed by atoms with van der Waals surface area (Å²) in [6.45, 7) is 2.89. The number of carbonyl (C=O) groups excluding carboxylic acids is 1. The summed E-state index contributed by atoms with van der Waals surface area (Å²) >= 11 is 0. The molecule has 1 aromatic heterocycles. The molecule has 1 fully saturated rings. The van der Waals surface area contributed by atoms with Crippen molar-refractivity contribution in [2.24, 2.45) is 0 Å². The molecule has 1 aromatic rings. The second-order valence-corrected chi connectivity index (χ2v) is 4.29. The number of hydrogen-bond acceptors (Lipinski definition) is 4. The van der Waals surface area contributed by atoms with E-state index in [-0.39, 0.29) is 19.0 Å². The number of nitrogen functional groups attached to an aromatic ring is 1. The third-order valence-electron chi connectivity index (χ3n) is 3.02. The highest BCUT2D eigenvalue weighted by Crippen LogP contribution is 2.17. The van der Waals surface area contributed by atoms with Crippen LogP contribution in [0, 0.1) is 0 Å². The first-order valence-electron chi connectivity index (χ1n) is 5.64. The standard InChI is InChI=1S/C11H17N3O3/c1-2-13-4-7(12)3-8(13)11(17)14-5-9(15)10(16)6-14/h3-4,9-10,15-16H,2,5-6,12H2,1H3/t9-,10+. The normalized spacial score (nSPS) is 24.3. The van der Waals surface area contributed by atoms with Crippen LogP contribution in [0.2, 0.25) is 0 Å². The molecule has 2 atom stereocenters. The van der Waals surface area contributed by atoms with Gasteiger partial charge in [0.2, 0.25) is 0 Å². The lowest BCUT2D eigenvalue weighted by Gasteiger charge is -2.16. The monoisotopic (exact) mass is 239 g/mol. The molecule has 0 unspecified atom stereocenters. The molecule has 1 aliphatic rings. The minimum Gasteiger partial charge on any atom is -0.397 e. The maximum Gasteiger partial charge on any atom is 0.270 e. The van der Waals surface area contributed by atoms with E-state index >= 15 is 0 Å². The van der Waals surface area contributed by atoms with E-state index in [0.29, 0.717) is 17.9 Å². The Morgan fingerprint density at radius 2 is 2.06 bits per heavy atom. The zero-order chi connectivity index (χ0) is 12.6. The van der Waals surface area contributed by atoms with E-state index in [2.05, 4.69) is 0 Å². The fourth-order valence-corrected chi connectivity index (χ4v) is 2.07. The third-order valence-corrected chi connectivity index (χ3v) is 3.02. The predicted octanol–water partition coefficient (Wildman–Crippen LogP) is -0.732. The van der Waals surface area contributed by atoms with Crippen molar-refractivity contribution in [1.29, 1.82) is 0 Å². The Morgan fingerprint density at radius 1 is 1.47 bits per heavy atom. The van der Waals surface area contributed by atoms with E-state index < -0.39 is 12.2 Å². The number of anilines is 1. The van der Waals surface area contributed by atoms with Gasteiger partial charge >= 0.3 is 0 Å². The van der Waals surface area contributed by atoms with Gasteiger partial charge in [0.1, 0.15) is 5.69 Å². The molecule has 0 aromatic carbocycles. The van der Waals surface area contributed by atoms with Crippen LogP contribution in [-0.4, -0.2) is 50.9 Å². The highest BCUT2D eigenvalue weighted by Gasteiger charge is 2.33. The van der Waals surface area contributed by atoms with Gasteiger partial charge in [0.25, 0.3) is 5.91 Å². The van der Waals surface area contributed by atoms with Gasteiger partial charge in [-0.15, -0.1) is 0 Å². The zero-order valence-corrected chi connectivity index (χ0v) is 9.71. The average molecular weight is 239 g/mol. The molecule has 0 radical (unpaired) electrons. The first-order valence-corrected chi connectivity index (χ1v) is 5.64. The Kier molecular flexibility index (Phi) is 3.08. The molecule has 1 amide bonds. The lowest BCUT2D eigenvalue weighted by Crippen LogP contribution is -2.31. The van der Waals surface area contributed by atoms with Crippen molar-refractivity contribution >= 4 is 11.6 Å². The van der Waals surface area contributed by atoms with Crippen molar-refractivity contribution in [3.05, 3.63) is 18.0 Å². The van der Waals surface area contributed by atoms with Crippen molar-refractivity contribution < 1.29 is 15.0 Å². The van der Waals surface area contributed by atoms with Gasteiger partial charge in [-0.05, 0) is 13.0 Å². The van der Waals surface area contributed by atoms with Crippen molar-refractivity contribution in [2.75, 3.05) is 18.8 Å². The van der Waals surface area contributed by atoms with Gasteiger partial charge in [-0.1, -0.05) is 0 Å². The second kappa shape index (κ2) is 4.38. The number of aromatic nitrogens is 1. The molecule has 2 rings (SSSR count). The van der Waals surface area contributed by atoms with E-state index in [1.807, 2.05) is 6.92 Å². The Hall–Kier alpha value is -1.53. The molecular formula is C11H17N3O3. The van der Waals surface area contributed by atoms with Gasteiger partial charge < -0.3 is 25.4 Å². The molecule has 6 heteroatoms. The quantitative estimate of drug-likeness (QED) is 0.634. The van der Waals surface area contributed by atoms with E-state index in [9.17, 15) is 15.0 Å². The van der Waals surface area contributed by atoms with Crippen molar-refractivity contribution in [3.63, 3.8) is 0 Å². The van der Waals surface area contributed by atoms with E-state index in [4.69, 9.17) is 5.73 Å². The fourth-order valence-electron chi connectivity index (χ4n) is 2.07. The lowest BCUT2D eigenvalue weighted by molar-refractivity contribution is 0.0572. The number of carbonyl (C=O) groups is 1. The van der Waals surface area contributed by atoms with Crippen LogP contribution in [-0.2, 0) is 6.54 Å². The number of amides is 1. The highest BCUT2D eigenvalue weighted by molar-refractivity contribution is 5.94. The molecule has 17 heavy (non-hydrogen) atoms. The largest absolute Gasteiger partial charge is 0.397 e. The maximum absolute atomic E-state index is 12.2. The zero-order valence-electron chi connectivity index (χ0n) is 9.71. The Balaban J connectivity index is 2.20. The van der Waals surface area contributed by atoms with Crippen LogP contribution in [0.25, 0.3) is 0 Å². The highest BCUT2D eigenvalue weighted by atomic mass is 16.3. The summed E-state index contributed by atoms with van der Waals surface area (Å²) < 4.78 is 1.76. The molecule has 4 N–H and O–H groups in total. The number of aryl methyl sites for hydroxylation is 1. The van der Waals surface area contributed by atoms with E-state index in [1.54, 1.807) is 16.8 Å². The van der Waals surface area contributed by atoms with Crippen LogP contribution >= 0.6 is 0 Å². The van der Waals surface area contributed by atoms with Crippen LogP contribution in [0.1, 0.15) is 17.4 Å². The minimum absolute atomic E-state index is 0.162. The molecule has 0 bridgehead atoms. The summed E-state index contributed by atoms with van der Waals surface area (Å²) in [5.74, 6) is -0.209. The summed E-state index contributed by atoms with van der Waals surface area (Å²) in [5, 5.41) is 18.8.